The highest BCUT2D eigenvalue weighted by Crippen LogP contribution is 2.38. The number of sulfonamides is 1. The second-order valence-corrected chi connectivity index (χ2v) is 13.0. The molecule has 3 aromatic rings. The fraction of sp³-hybridized carbons (Fsp3) is 0.312. The molecule has 0 atom stereocenters. The Kier molecular flexibility index (Phi) is 9.70. The second-order valence-electron chi connectivity index (χ2n) is 11.1. The predicted octanol–water partition coefficient (Wildman–Crippen LogP) is 4.72. The van der Waals surface area contributed by atoms with Gasteiger partial charge in [-0.05, 0) is 74.5 Å². The Bertz CT molecular complexity index is 1570. The van der Waals surface area contributed by atoms with Gasteiger partial charge in [-0.2, -0.15) is 0 Å². The summed E-state index contributed by atoms with van der Waals surface area (Å²) in [6.07, 6.45) is 2.07. The zero-order valence-electron chi connectivity index (χ0n) is 24.8. The fourth-order valence-corrected chi connectivity index (χ4v) is 5.57. The first-order chi connectivity index (χ1) is 19.9. The number of carbonyl (C=O) groups is 2. The van der Waals surface area contributed by atoms with E-state index in [0.717, 1.165) is 12.0 Å². The van der Waals surface area contributed by atoms with Crippen molar-refractivity contribution in [2.45, 2.75) is 20.3 Å². The number of benzene rings is 3. The van der Waals surface area contributed by atoms with Gasteiger partial charge in [0.05, 0.1) is 23.2 Å². The van der Waals surface area contributed by atoms with Crippen LogP contribution in [0.5, 0.6) is 0 Å². The van der Waals surface area contributed by atoms with Gasteiger partial charge < -0.3 is 20.9 Å². The normalized spacial score (nSPS) is 14.0. The highest BCUT2D eigenvalue weighted by atomic mass is 32.2. The predicted molar refractivity (Wildman–Crippen MR) is 171 cm³/mol. The zero-order valence-corrected chi connectivity index (χ0v) is 25.6. The quantitative estimate of drug-likeness (QED) is 0.264. The summed E-state index contributed by atoms with van der Waals surface area (Å²) in [6, 6.07) is 21.8. The molecule has 4 rings (SSSR count). The number of amides is 2. The molecular formula is C32H39N5O4S. The first-order valence-corrected chi connectivity index (χ1v) is 15.8. The molecule has 0 aliphatic carbocycles. The number of nitrogens with one attached hydrogen (secondary N) is 3. The lowest BCUT2D eigenvalue weighted by Crippen LogP contribution is -2.35. The number of hydrogen-bond acceptors (Lipinski definition) is 6. The van der Waals surface area contributed by atoms with E-state index in [4.69, 9.17) is 0 Å². The van der Waals surface area contributed by atoms with Crippen LogP contribution in [-0.2, 0) is 14.8 Å². The number of hydrogen-bond donors (Lipinski definition) is 3. The summed E-state index contributed by atoms with van der Waals surface area (Å²) in [4.78, 5) is 28.2. The molecule has 42 heavy (non-hydrogen) atoms. The van der Waals surface area contributed by atoms with E-state index in [1.807, 2.05) is 49.3 Å². The number of likely N-dealkylation sites (N-methyl/N-ethyl adjacent to an activating group) is 1. The molecule has 0 unspecified atom stereocenters. The number of anilines is 3. The average molecular weight is 590 g/mol. The monoisotopic (exact) mass is 589 g/mol. The number of rotatable bonds is 12. The number of carbonyl (C=O) groups excluding carboxylic acids is 2. The summed E-state index contributed by atoms with van der Waals surface area (Å²) in [7, 11) is 0.312. The molecule has 3 N–H and O–H groups in total. The van der Waals surface area contributed by atoms with Gasteiger partial charge in [-0.1, -0.05) is 44.2 Å². The van der Waals surface area contributed by atoms with E-state index in [0.29, 0.717) is 65.0 Å². The molecule has 0 radical (unpaired) electrons. The van der Waals surface area contributed by atoms with Crippen molar-refractivity contribution in [3.63, 3.8) is 0 Å². The molecule has 1 aliphatic heterocycles. The third-order valence-corrected chi connectivity index (χ3v) is 8.12. The minimum Gasteiger partial charge on any atom is -0.354 e. The Labute approximate surface area is 248 Å². The van der Waals surface area contributed by atoms with Crippen molar-refractivity contribution < 1.29 is 18.0 Å². The standard InChI is InChI=1S/C32H39N5O4S/c1-22(2)17-18-33-31(38)24-11-16-28-27(21-24)29(32(39)35-28)30(23-9-7-6-8-10-23)34-25-12-14-26(15-13-25)37(42(5,40)41)20-19-36(3)4/h6-16,21-22,34H,17-20H2,1-5H3,(H,33,38)(H,35,39)/b30-29-. The molecule has 0 fully saturated rings. The van der Waals surface area contributed by atoms with Crippen LogP contribution in [0.25, 0.3) is 11.3 Å². The van der Waals surface area contributed by atoms with E-state index < -0.39 is 10.0 Å². The fourth-order valence-electron chi connectivity index (χ4n) is 4.65. The lowest BCUT2D eigenvalue weighted by molar-refractivity contribution is -0.110. The minimum atomic E-state index is -3.48. The Morgan fingerprint density at radius 3 is 2.24 bits per heavy atom. The zero-order chi connectivity index (χ0) is 30.4. The summed E-state index contributed by atoms with van der Waals surface area (Å²) < 4.78 is 26.4. The van der Waals surface area contributed by atoms with Gasteiger partial charge in [-0.25, -0.2) is 8.42 Å². The molecule has 222 valence electrons. The average Bonchev–Trinajstić information content (AvgIpc) is 3.26. The summed E-state index contributed by atoms with van der Waals surface area (Å²) in [5, 5.41) is 9.29. The lowest BCUT2D eigenvalue weighted by atomic mass is 9.98. The molecule has 1 heterocycles. The van der Waals surface area contributed by atoms with E-state index >= 15 is 0 Å². The van der Waals surface area contributed by atoms with Crippen molar-refractivity contribution in [3.05, 3.63) is 89.5 Å². The Hall–Kier alpha value is -4.15. The van der Waals surface area contributed by atoms with Crippen LogP contribution in [0.15, 0.2) is 72.8 Å². The molecule has 0 aromatic heterocycles. The summed E-state index contributed by atoms with van der Waals surface area (Å²) >= 11 is 0. The van der Waals surface area contributed by atoms with Crippen LogP contribution in [0.4, 0.5) is 17.1 Å². The van der Waals surface area contributed by atoms with Gasteiger partial charge in [-0.3, -0.25) is 13.9 Å². The van der Waals surface area contributed by atoms with E-state index in [1.165, 1.54) is 10.6 Å². The summed E-state index contributed by atoms with van der Waals surface area (Å²) in [6.45, 7) is 5.68. The van der Waals surface area contributed by atoms with Gasteiger partial charge in [0.15, 0.2) is 0 Å². The molecule has 0 saturated heterocycles. The van der Waals surface area contributed by atoms with E-state index in [-0.39, 0.29) is 11.8 Å². The first kappa shape index (κ1) is 30.8. The highest BCUT2D eigenvalue weighted by Gasteiger charge is 2.29. The maximum Gasteiger partial charge on any atom is 0.258 e. The Balaban J connectivity index is 1.71. The summed E-state index contributed by atoms with van der Waals surface area (Å²) in [5.74, 6) is 0.00618. The van der Waals surface area contributed by atoms with Gasteiger partial charge in [-0.15, -0.1) is 0 Å². The maximum atomic E-state index is 13.4. The molecular weight excluding hydrogens is 550 g/mol. The first-order valence-electron chi connectivity index (χ1n) is 14.0. The Morgan fingerprint density at radius 2 is 1.62 bits per heavy atom. The minimum absolute atomic E-state index is 0.188. The van der Waals surface area contributed by atoms with Gasteiger partial charge in [0.25, 0.3) is 11.8 Å². The van der Waals surface area contributed by atoms with Crippen LogP contribution in [0.3, 0.4) is 0 Å². The van der Waals surface area contributed by atoms with Crippen molar-refractivity contribution in [2.24, 2.45) is 5.92 Å². The Morgan fingerprint density at radius 1 is 0.929 bits per heavy atom. The molecule has 0 saturated carbocycles. The smallest absolute Gasteiger partial charge is 0.258 e. The van der Waals surface area contributed by atoms with Crippen molar-refractivity contribution in [2.75, 3.05) is 54.9 Å². The lowest BCUT2D eigenvalue weighted by Gasteiger charge is -2.24. The van der Waals surface area contributed by atoms with Gasteiger partial charge in [0, 0.05) is 42.1 Å². The molecule has 3 aromatic carbocycles. The van der Waals surface area contributed by atoms with Gasteiger partial charge >= 0.3 is 0 Å². The largest absolute Gasteiger partial charge is 0.354 e. The van der Waals surface area contributed by atoms with Crippen LogP contribution in [0, 0.1) is 5.92 Å². The van der Waals surface area contributed by atoms with E-state index in [2.05, 4.69) is 29.8 Å². The van der Waals surface area contributed by atoms with Crippen molar-refractivity contribution in [1.29, 1.82) is 0 Å². The topological polar surface area (TPSA) is 111 Å². The van der Waals surface area contributed by atoms with Crippen molar-refractivity contribution >= 4 is 50.2 Å². The van der Waals surface area contributed by atoms with Crippen LogP contribution in [0.2, 0.25) is 0 Å². The van der Waals surface area contributed by atoms with Crippen molar-refractivity contribution in [1.82, 2.24) is 10.2 Å². The molecule has 1 aliphatic rings. The maximum absolute atomic E-state index is 13.4. The summed E-state index contributed by atoms with van der Waals surface area (Å²) in [5.41, 5.74) is 4.74. The van der Waals surface area contributed by atoms with Gasteiger partial charge in [0.1, 0.15) is 0 Å². The highest BCUT2D eigenvalue weighted by molar-refractivity contribution is 7.92. The second kappa shape index (κ2) is 13.2. The van der Waals surface area contributed by atoms with Crippen LogP contribution >= 0.6 is 0 Å². The number of nitrogens with zero attached hydrogens (tertiary/aromatic N) is 2. The van der Waals surface area contributed by atoms with Crippen molar-refractivity contribution in [3.8, 4) is 0 Å². The molecule has 2 amide bonds. The third-order valence-electron chi connectivity index (χ3n) is 6.92. The molecule has 0 bridgehead atoms. The van der Waals surface area contributed by atoms with Crippen LogP contribution in [0.1, 0.15) is 41.8 Å². The van der Waals surface area contributed by atoms with Crippen LogP contribution < -0.4 is 20.3 Å². The van der Waals surface area contributed by atoms with E-state index in [1.54, 1.807) is 42.5 Å². The number of fused-ring (bicyclic) bond motifs is 1. The SMILES string of the molecule is CC(C)CCNC(=O)c1ccc2c(c1)/C(=C(/Nc1ccc(N(CCN(C)C)S(C)(=O)=O)cc1)c1ccccc1)C(=O)N2. The molecule has 9 nitrogen and oxygen atoms in total. The molecule has 0 spiro atoms. The molecule has 10 heteroatoms. The van der Waals surface area contributed by atoms with Gasteiger partial charge in [0.2, 0.25) is 10.0 Å². The van der Waals surface area contributed by atoms with Crippen LogP contribution in [-0.4, -0.2) is 65.1 Å². The van der Waals surface area contributed by atoms with E-state index in [9.17, 15) is 18.0 Å². The third kappa shape index (κ3) is 7.57.